The number of piperidine rings is 1. The number of nitrogens with two attached hydrogens (primary N) is 1. The molecule has 3 aliphatic heterocycles. The van der Waals surface area contributed by atoms with Crippen LogP contribution in [0.15, 0.2) is 47.3 Å². The third-order valence-corrected chi connectivity index (χ3v) is 7.77. The van der Waals surface area contributed by atoms with Crippen molar-refractivity contribution in [1.82, 2.24) is 14.8 Å². The normalized spacial score (nSPS) is 22.6. The van der Waals surface area contributed by atoms with Gasteiger partial charge in [0.05, 0.1) is 12.1 Å². The van der Waals surface area contributed by atoms with Crippen molar-refractivity contribution in [2.75, 3.05) is 26.2 Å². The predicted molar refractivity (Wildman–Crippen MR) is 131 cm³/mol. The van der Waals surface area contributed by atoms with Crippen molar-refractivity contribution in [3.8, 4) is 5.75 Å². The van der Waals surface area contributed by atoms with E-state index in [1.54, 1.807) is 28.8 Å². The summed E-state index contributed by atoms with van der Waals surface area (Å²) in [4.78, 5) is 14.8. The third kappa shape index (κ3) is 3.91. The van der Waals surface area contributed by atoms with E-state index in [1.807, 2.05) is 6.07 Å². The smallest absolute Gasteiger partial charge is 0.251 e. The van der Waals surface area contributed by atoms with Gasteiger partial charge in [0.2, 0.25) is 0 Å². The van der Waals surface area contributed by atoms with Gasteiger partial charge in [0, 0.05) is 61.2 Å². The molecule has 1 aromatic heterocycles. The number of benzene rings is 2. The predicted octanol–water partition coefficient (Wildman–Crippen LogP) is 3.27. The highest BCUT2D eigenvalue weighted by Gasteiger charge is 2.31. The molecular formula is C27H31FN4O2. The first-order chi connectivity index (χ1) is 16.6. The van der Waals surface area contributed by atoms with Crippen LogP contribution in [0.25, 0.3) is 10.9 Å². The SMILES string of the molecule is NC1CCOc2ccc(CNC3CCN(CC4Cn5c(=O)ccc6ccc(F)c4c65)CC3)cc21. The van der Waals surface area contributed by atoms with E-state index in [9.17, 15) is 9.18 Å². The van der Waals surface area contributed by atoms with E-state index in [2.05, 4.69) is 22.3 Å². The highest BCUT2D eigenvalue weighted by atomic mass is 19.1. The zero-order chi connectivity index (χ0) is 23.2. The summed E-state index contributed by atoms with van der Waals surface area (Å²) in [6, 6.07) is 13.6. The van der Waals surface area contributed by atoms with E-state index in [-0.39, 0.29) is 23.3 Å². The number of likely N-dealkylation sites (tertiary alicyclic amines) is 1. The number of ether oxygens (including phenoxy) is 1. The molecule has 7 heteroatoms. The van der Waals surface area contributed by atoms with Crippen LogP contribution in [0.5, 0.6) is 5.75 Å². The lowest BCUT2D eigenvalue weighted by atomic mass is 9.96. The number of pyridine rings is 1. The number of halogens is 1. The molecule has 3 N–H and O–H groups in total. The lowest BCUT2D eigenvalue weighted by Crippen LogP contribution is -2.43. The van der Waals surface area contributed by atoms with Crippen molar-refractivity contribution in [2.45, 2.75) is 50.4 Å². The van der Waals surface area contributed by atoms with Crippen LogP contribution in [0, 0.1) is 5.82 Å². The Labute approximate surface area is 198 Å². The Balaban J connectivity index is 1.06. The van der Waals surface area contributed by atoms with E-state index < -0.39 is 0 Å². The number of nitrogens with zero attached hydrogens (tertiary/aromatic N) is 2. The van der Waals surface area contributed by atoms with Gasteiger partial charge in [-0.25, -0.2) is 4.39 Å². The molecule has 178 valence electrons. The molecule has 0 bridgehead atoms. The summed E-state index contributed by atoms with van der Waals surface area (Å²) in [5, 5.41) is 4.65. The molecule has 0 saturated carbocycles. The van der Waals surface area contributed by atoms with Gasteiger partial charge < -0.3 is 25.3 Å². The zero-order valence-electron chi connectivity index (χ0n) is 19.3. The maximum atomic E-state index is 14.8. The van der Waals surface area contributed by atoms with Crippen LogP contribution in [-0.4, -0.2) is 41.8 Å². The van der Waals surface area contributed by atoms with Gasteiger partial charge in [-0.05, 0) is 67.2 Å². The highest BCUT2D eigenvalue weighted by molar-refractivity contribution is 5.84. The second-order valence-electron chi connectivity index (χ2n) is 9.95. The molecule has 2 aromatic carbocycles. The van der Waals surface area contributed by atoms with E-state index >= 15 is 0 Å². The number of aromatic nitrogens is 1. The second kappa shape index (κ2) is 8.80. The fraction of sp³-hybridized carbons (Fsp3) is 0.444. The van der Waals surface area contributed by atoms with Gasteiger partial charge in [0.1, 0.15) is 11.6 Å². The van der Waals surface area contributed by atoms with Crippen LogP contribution >= 0.6 is 0 Å². The van der Waals surface area contributed by atoms with Gasteiger partial charge >= 0.3 is 0 Å². The molecule has 3 aromatic rings. The van der Waals surface area contributed by atoms with Gasteiger partial charge in [-0.15, -0.1) is 0 Å². The summed E-state index contributed by atoms with van der Waals surface area (Å²) in [7, 11) is 0. The van der Waals surface area contributed by atoms with Gasteiger partial charge in [0.15, 0.2) is 0 Å². The number of fused-ring (bicyclic) bond motifs is 1. The Hall–Kier alpha value is -2.74. The maximum Gasteiger partial charge on any atom is 0.251 e. The topological polar surface area (TPSA) is 72.5 Å². The maximum absolute atomic E-state index is 14.8. The largest absolute Gasteiger partial charge is 0.493 e. The van der Waals surface area contributed by atoms with Crippen LogP contribution in [-0.2, 0) is 13.1 Å². The molecule has 0 spiro atoms. The molecule has 1 saturated heterocycles. The lowest BCUT2D eigenvalue weighted by Gasteiger charge is -2.34. The van der Waals surface area contributed by atoms with Gasteiger partial charge in [-0.3, -0.25) is 4.79 Å². The molecule has 34 heavy (non-hydrogen) atoms. The molecular weight excluding hydrogens is 431 g/mol. The van der Waals surface area contributed by atoms with Crippen molar-refractivity contribution >= 4 is 10.9 Å². The van der Waals surface area contributed by atoms with Crippen LogP contribution < -0.4 is 21.3 Å². The standard InChI is InChI=1S/C27H31FN4O2/c28-22-4-2-18-3-6-25(33)32-16-19(26(22)27(18)32)15-31-10-7-20(8-11-31)30-14-17-1-5-24-21(13-17)23(29)9-12-34-24/h1-6,13,19-20,23,30H,7-12,14-16,29H2. The summed E-state index contributed by atoms with van der Waals surface area (Å²) in [5.41, 5.74) is 10.1. The first-order valence-corrected chi connectivity index (χ1v) is 12.4. The molecule has 3 aliphatic rings. The van der Waals surface area contributed by atoms with E-state index in [0.29, 0.717) is 24.8 Å². The van der Waals surface area contributed by atoms with Crippen LogP contribution in [0.2, 0.25) is 0 Å². The van der Waals surface area contributed by atoms with Crippen molar-refractivity contribution in [3.05, 3.63) is 75.3 Å². The van der Waals surface area contributed by atoms with Gasteiger partial charge in [-0.1, -0.05) is 6.07 Å². The molecule has 6 rings (SSSR count). The summed E-state index contributed by atoms with van der Waals surface area (Å²) < 4.78 is 22.2. The highest BCUT2D eigenvalue weighted by Crippen LogP contribution is 2.35. The summed E-state index contributed by atoms with van der Waals surface area (Å²) in [5.74, 6) is 0.741. The Bertz CT molecular complexity index is 1280. The van der Waals surface area contributed by atoms with Gasteiger partial charge in [0.25, 0.3) is 5.56 Å². The first kappa shape index (κ1) is 21.8. The van der Waals surface area contributed by atoms with Crippen LogP contribution in [0.4, 0.5) is 4.39 Å². The molecule has 1 fully saturated rings. The number of nitrogens with one attached hydrogen (secondary N) is 1. The van der Waals surface area contributed by atoms with Crippen LogP contribution in [0.1, 0.15) is 47.9 Å². The number of hydrogen-bond acceptors (Lipinski definition) is 5. The molecule has 6 nitrogen and oxygen atoms in total. The molecule has 2 unspecified atom stereocenters. The van der Waals surface area contributed by atoms with E-state index in [4.69, 9.17) is 10.5 Å². The van der Waals surface area contributed by atoms with Crippen molar-refractivity contribution in [3.63, 3.8) is 0 Å². The van der Waals surface area contributed by atoms with E-state index in [1.165, 1.54) is 5.56 Å². The Morgan fingerprint density at radius 1 is 1.09 bits per heavy atom. The summed E-state index contributed by atoms with van der Waals surface area (Å²) >= 11 is 0. The third-order valence-electron chi connectivity index (χ3n) is 7.77. The quantitative estimate of drug-likeness (QED) is 0.609. The Morgan fingerprint density at radius 3 is 2.76 bits per heavy atom. The van der Waals surface area contributed by atoms with Crippen molar-refractivity contribution in [2.24, 2.45) is 5.73 Å². The summed E-state index contributed by atoms with van der Waals surface area (Å²) in [6.45, 7) is 4.80. The summed E-state index contributed by atoms with van der Waals surface area (Å²) in [6.07, 6.45) is 2.97. The molecule has 0 amide bonds. The number of rotatable bonds is 5. The fourth-order valence-corrected chi connectivity index (χ4v) is 5.90. The molecule has 2 atom stereocenters. The number of hydrogen-bond donors (Lipinski definition) is 2. The van der Waals surface area contributed by atoms with Crippen molar-refractivity contribution in [1.29, 1.82) is 0 Å². The van der Waals surface area contributed by atoms with Crippen molar-refractivity contribution < 1.29 is 9.13 Å². The lowest BCUT2D eigenvalue weighted by molar-refractivity contribution is 0.184. The van der Waals surface area contributed by atoms with E-state index in [0.717, 1.165) is 67.7 Å². The average molecular weight is 463 g/mol. The van der Waals surface area contributed by atoms with Crippen LogP contribution in [0.3, 0.4) is 0 Å². The molecule has 0 aliphatic carbocycles. The second-order valence-corrected chi connectivity index (χ2v) is 9.95. The monoisotopic (exact) mass is 462 g/mol. The zero-order valence-corrected chi connectivity index (χ0v) is 19.3. The fourth-order valence-electron chi connectivity index (χ4n) is 5.90. The Kier molecular flexibility index (Phi) is 5.63. The molecule has 4 heterocycles. The first-order valence-electron chi connectivity index (χ1n) is 12.4. The minimum Gasteiger partial charge on any atom is -0.493 e. The minimum atomic E-state index is -0.193. The molecule has 0 radical (unpaired) electrons. The average Bonchev–Trinajstić information content (AvgIpc) is 3.24. The Morgan fingerprint density at radius 2 is 1.91 bits per heavy atom. The van der Waals surface area contributed by atoms with Gasteiger partial charge in [-0.2, -0.15) is 0 Å². The minimum absolute atomic E-state index is 0.0187.